The molecule has 96 valence electrons. The fourth-order valence-corrected chi connectivity index (χ4v) is 2.76. The van der Waals surface area contributed by atoms with Crippen LogP contribution in [0, 0.1) is 16.7 Å². The molecular formula is C13H22N2O2. The van der Waals surface area contributed by atoms with Gasteiger partial charge in [0.25, 0.3) is 0 Å². The molecule has 0 saturated carbocycles. The summed E-state index contributed by atoms with van der Waals surface area (Å²) < 4.78 is 0. The fourth-order valence-electron chi connectivity index (χ4n) is 2.76. The Kier molecular flexibility index (Phi) is 5.43. The lowest BCUT2D eigenvalue weighted by Gasteiger charge is -2.39. The molecule has 0 aromatic rings. The summed E-state index contributed by atoms with van der Waals surface area (Å²) >= 11 is 0. The smallest absolute Gasteiger partial charge is 0.310 e. The second-order valence-corrected chi connectivity index (χ2v) is 4.98. The maximum Gasteiger partial charge on any atom is 0.310 e. The highest BCUT2D eigenvalue weighted by molar-refractivity contribution is 5.75. The van der Waals surface area contributed by atoms with Crippen LogP contribution >= 0.6 is 0 Å². The number of likely N-dealkylation sites (tertiary alicyclic amines) is 1. The zero-order chi connectivity index (χ0) is 12.7. The number of carboxylic acid groups (broad SMARTS) is 1. The maximum atomic E-state index is 11.5. The molecule has 0 radical (unpaired) electrons. The molecule has 1 atom stereocenters. The van der Waals surface area contributed by atoms with Crippen molar-refractivity contribution in [3.8, 4) is 6.07 Å². The van der Waals surface area contributed by atoms with Gasteiger partial charge in [-0.05, 0) is 38.8 Å². The zero-order valence-electron chi connectivity index (χ0n) is 10.6. The molecule has 1 heterocycles. The van der Waals surface area contributed by atoms with Crippen molar-refractivity contribution in [3.63, 3.8) is 0 Å². The van der Waals surface area contributed by atoms with Gasteiger partial charge in [-0.1, -0.05) is 13.3 Å². The zero-order valence-corrected chi connectivity index (χ0v) is 10.6. The highest BCUT2D eigenvalue weighted by Crippen LogP contribution is 2.35. The quantitative estimate of drug-likeness (QED) is 0.721. The fraction of sp³-hybridized carbons (Fsp3) is 0.846. The Morgan fingerprint density at radius 3 is 2.94 bits per heavy atom. The molecular weight excluding hydrogens is 216 g/mol. The molecule has 0 bridgehead atoms. The molecule has 0 amide bonds. The van der Waals surface area contributed by atoms with Crippen LogP contribution in [0.5, 0.6) is 0 Å². The Morgan fingerprint density at radius 1 is 1.59 bits per heavy atom. The minimum atomic E-state index is -0.649. The molecule has 4 nitrogen and oxygen atoms in total. The predicted octanol–water partition coefficient (Wildman–Crippen LogP) is 2.26. The molecule has 0 aromatic carbocycles. The van der Waals surface area contributed by atoms with E-state index in [1.54, 1.807) is 0 Å². The molecule has 1 aliphatic heterocycles. The van der Waals surface area contributed by atoms with E-state index >= 15 is 0 Å². The lowest BCUT2D eigenvalue weighted by molar-refractivity contribution is -0.153. The number of hydrogen-bond acceptors (Lipinski definition) is 3. The molecule has 0 spiro atoms. The largest absolute Gasteiger partial charge is 0.481 e. The summed E-state index contributed by atoms with van der Waals surface area (Å²) in [4.78, 5) is 13.7. The van der Waals surface area contributed by atoms with E-state index < -0.39 is 11.4 Å². The minimum Gasteiger partial charge on any atom is -0.481 e. The molecule has 1 saturated heterocycles. The van der Waals surface area contributed by atoms with Crippen molar-refractivity contribution >= 4 is 5.97 Å². The van der Waals surface area contributed by atoms with E-state index in [9.17, 15) is 9.90 Å². The third-order valence-corrected chi connectivity index (χ3v) is 3.60. The molecule has 0 aromatic heterocycles. The predicted molar refractivity (Wildman–Crippen MR) is 65.5 cm³/mol. The molecule has 1 aliphatic rings. The third-order valence-electron chi connectivity index (χ3n) is 3.60. The van der Waals surface area contributed by atoms with Gasteiger partial charge in [-0.25, -0.2) is 0 Å². The van der Waals surface area contributed by atoms with Gasteiger partial charge in [0.05, 0.1) is 11.5 Å². The standard InChI is InChI=1S/C13H22N2O2/c1-2-6-13(12(16)17)7-5-10-15(11-13)9-4-3-8-14/h2-7,9-11H2,1H3,(H,16,17). The summed E-state index contributed by atoms with van der Waals surface area (Å²) in [5, 5.41) is 17.9. The van der Waals surface area contributed by atoms with Gasteiger partial charge in [0.1, 0.15) is 0 Å². The Hall–Kier alpha value is -1.08. The number of nitriles is 1. The molecule has 1 fully saturated rings. The number of rotatable bonds is 6. The first kappa shape index (κ1) is 14.0. The molecule has 1 N–H and O–H groups in total. The second-order valence-electron chi connectivity index (χ2n) is 4.98. The van der Waals surface area contributed by atoms with Gasteiger partial charge < -0.3 is 10.0 Å². The maximum absolute atomic E-state index is 11.5. The van der Waals surface area contributed by atoms with Gasteiger partial charge in [-0.3, -0.25) is 4.79 Å². The number of carbonyl (C=O) groups is 1. The topological polar surface area (TPSA) is 64.3 Å². The van der Waals surface area contributed by atoms with E-state index in [4.69, 9.17) is 5.26 Å². The lowest BCUT2D eigenvalue weighted by Crippen LogP contribution is -2.48. The van der Waals surface area contributed by atoms with Gasteiger partial charge >= 0.3 is 5.97 Å². The van der Waals surface area contributed by atoms with E-state index in [-0.39, 0.29) is 0 Å². The van der Waals surface area contributed by atoms with Crippen molar-refractivity contribution in [3.05, 3.63) is 0 Å². The van der Waals surface area contributed by atoms with E-state index in [2.05, 4.69) is 11.0 Å². The number of hydrogen-bond donors (Lipinski definition) is 1. The van der Waals surface area contributed by atoms with E-state index in [1.807, 2.05) is 6.92 Å². The van der Waals surface area contributed by atoms with Crippen molar-refractivity contribution in [2.75, 3.05) is 19.6 Å². The molecule has 4 heteroatoms. The Balaban J connectivity index is 2.56. The van der Waals surface area contributed by atoms with Crippen molar-refractivity contribution in [2.45, 2.75) is 45.4 Å². The molecule has 17 heavy (non-hydrogen) atoms. The molecule has 1 unspecified atom stereocenters. The van der Waals surface area contributed by atoms with Crippen LogP contribution in [-0.4, -0.2) is 35.6 Å². The Labute approximate surface area is 103 Å². The number of nitrogens with zero attached hydrogens (tertiary/aromatic N) is 2. The monoisotopic (exact) mass is 238 g/mol. The second kappa shape index (κ2) is 6.61. The van der Waals surface area contributed by atoms with E-state index in [1.165, 1.54) is 0 Å². The summed E-state index contributed by atoms with van der Waals surface area (Å²) in [5.41, 5.74) is -0.542. The first-order chi connectivity index (χ1) is 8.14. The Bertz CT molecular complexity index is 294. The summed E-state index contributed by atoms with van der Waals surface area (Å²) in [6.07, 6.45) is 4.84. The van der Waals surface area contributed by atoms with Crippen LogP contribution in [0.2, 0.25) is 0 Å². The SMILES string of the molecule is CCCC1(C(=O)O)CCCN(CCCC#N)C1. The first-order valence-corrected chi connectivity index (χ1v) is 6.47. The highest BCUT2D eigenvalue weighted by Gasteiger charge is 2.41. The van der Waals surface area contributed by atoms with Gasteiger partial charge in [0.15, 0.2) is 0 Å². The normalized spacial score (nSPS) is 25.4. The van der Waals surface area contributed by atoms with Gasteiger partial charge in [0, 0.05) is 13.0 Å². The number of piperidine rings is 1. The number of aliphatic carboxylic acids is 1. The van der Waals surface area contributed by atoms with Crippen molar-refractivity contribution in [1.82, 2.24) is 4.90 Å². The third kappa shape index (κ3) is 3.71. The molecule has 1 rings (SSSR count). The average molecular weight is 238 g/mol. The van der Waals surface area contributed by atoms with Crippen LogP contribution in [0.15, 0.2) is 0 Å². The number of carboxylic acids is 1. The van der Waals surface area contributed by atoms with Crippen molar-refractivity contribution < 1.29 is 9.90 Å². The van der Waals surface area contributed by atoms with Crippen LogP contribution in [0.25, 0.3) is 0 Å². The van der Waals surface area contributed by atoms with Crippen molar-refractivity contribution in [1.29, 1.82) is 5.26 Å². The minimum absolute atomic E-state index is 0.542. The van der Waals surface area contributed by atoms with Gasteiger partial charge in [-0.2, -0.15) is 5.26 Å². The van der Waals surface area contributed by atoms with Gasteiger partial charge in [0.2, 0.25) is 0 Å². The first-order valence-electron chi connectivity index (χ1n) is 6.47. The summed E-state index contributed by atoms with van der Waals surface area (Å²) in [6, 6.07) is 2.13. The van der Waals surface area contributed by atoms with E-state index in [0.717, 1.165) is 45.2 Å². The summed E-state index contributed by atoms with van der Waals surface area (Å²) in [6.45, 7) is 4.53. The van der Waals surface area contributed by atoms with Gasteiger partial charge in [-0.15, -0.1) is 0 Å². The highest BCUT2D eigenvalue weighted by atomic mass is 16.4. The van der Waals surface area contributed by atoms with Crippen LogP contribution in [0.1, 0.15) is 45.4 Å². The molecule has 0 aliphatic carbocycles. The van der Waals surface area contributed by atoms with Crippen LogP contribution in [0.4, 0.5) is 0 Å². The van der Waals surface area contributed by atoms with Crippen LogP contribution in [-0.2, 0) is 4.79 Å². The average Bonchev–Trinajstić information content (AvgIpc) is 2.30. The van der Waals surface area contributed by atoms with Crippen LogP contribution < -0.4 is 0 Å². The van der Waals surface area contributed by atoms with E-state index in [0.29, 0.717) is 13.0 Å². The number of unbranched alkanes of at least 4 members (excludes halogenated alkanes) is 1. The summed E-state index contributed by atoms with van der Waals surface area (Å²) in [7, 11) is 0. The summed E-state index contributed by atoms with van der Waals surface area (Å²) in [5.74, 6) is -0.649. The van der Waals surface area contributed by atoms with Crippen molar-refractivity contribution in [2.24, 2.45) is 5.41 Å². The Morgan fingerprint density at radius 2 is 2.35 bits per heavy atom. The van der Waals surface area contributed by atoms with Crippen LogP contribution in [0.3, 0.4) is 0 Å². The lowest BCUT2D eigenvalue weighted by atomic mass is 9.76.